The van der Waals surface area contributed by atoms with Crippen molar-refractivity contribution in [3.63, 3.8) is 0 Å². The Kier molecular flexibility index (Phi) is 7.09. The SMILES string of the molecule is CN(C)[C@@H](CNC(=O)C(=O)NCCC1=CCCCC1)c1cn(C)c2ccccc12. The number of para-hydroxylation sites is 1. The molecule has 2 N–H and O–H groups in total. The minimum absolute atomic E-state index is 0.0229. The molecule has 1 aromatic heterocycles. The average molecular weight is 397 g/mol. The normalized spacial score (nSPS) is 15.2. The van der Waals surface area contributed by atoms with E-state index in [-0.39, 0.29) is 6.04 Å². The number of aromatic nitrogens is 1. The highest BCUT2D eigenvalue weighted by Gasteiger charge is 2.21. The lowest BCUT2D eigenvalue weighted by Gasteiger charge is -2.24. The molecule has 0 spiro atoms. The van der Waals surface area contributed by atoms with Gasteiger partial charge in [0.25, 0.3) is 0 Å². The summed E-state index contributed by atoms with van der Waals surface area (Å²) in [4.78, 5) is 26.5. The minimum atomic E-state index is -0.574. The molecule has 0 aliphatic heterocycles. The third-order valence-electron chi connectivity index (χ3n) is 5.69. The van der Waals surface area contributed by atoms with Crippen LogP contribution in [0.5, 0.6) is 0 Å². The van der Waals surface area contributed by atoms with Gasteiger partial charge in [-0.1, -0.05) is 29.8 Å². The third kappa shape index (κ3) is 5.26. The van der Waals surface area contributed by atoms with Crippen LogP contribution in [0.3, 0.4) is 0 Å². The van der Waals surface area contributed by atoms with E-state index in [1.165, 1.54) is 18.4 Å². The number of hydrogen-bond acceptors (Lipinski definition) is 3. The summed E-state index contributed by atoms with van der Waals surface area (Å²) in [5, 5.41) is 6.72. The van der Waals surface area contributed by atoms with E-state index in [1.807, 2.05) is 33.3 Å². The zero-order chi connectivity index (χ0) is 20.8. The van der Waals surface area contributed by atoms with Crippen LogP contribution in [0.25, 0.3) is 10.9 Å². The summed E-state index contributed by atoms with van der Waals surface area (Å²) >= 11 is 0. The van der Waals surface area contributed by atoms with Gasteiger partial charge in [0, 0.05) is 37.2 Å². The first-order valence-electron chi connectivity index (χ1n) is 10.4. The standard InChI is InChI=1S/C23H32N4O2/c1-26(2)21(19-16-27(3)20-12-8-7-11-18(19)20)15-25-23(29)22(28)24-14-13-17-9-5-4-6-10-17/h7-9,11-12,16,21H,4-6,10,13-15H2,1-3H3,(H,24,28)(H,25,29)/t21-/m0/s1. The van der Waals surface area contributed by atoms with Gasteiger partial charge in [0.2, 0.25) is 0 Å². The summed E-state index contributed by atoms with van der Waals surface area (Å²) < 4.78 is 2.09. The van der Waals surface area contributed by atoms with E-state index >= 15 is 0 Å². The number of aryl methyl sites for hydroxylation is 1. The number of fused-ring (bicyclic) bond motifs is 1. The lowest BCUT2D eigenvalue weighted by atomic mass is 9.97. The van der Waals surface area contributed by atoms with E-state index in [4.69, 9.17) is 0 Å². The minimum Gasteiger partial charge on any atom is -0.350 e. The van der Waals surface area contributed by atoms with Crippen LogP contribution in [0.4, 0.5) is 0 Å². The summed E-state index contributed by atoms with van der Waals surface area (Å²) in [6.45, 7) is 0.886. The van der Waals surface area contributed by atoms with Crippen LogP contribution >= 0.6 is 0 Å². The zero-order valence-electron chi connectivity index (χ0n) is 17.7. The topological polar surface area (TPSA) is 66.4 Å². The molecule has 29 heavy (non-hydrogen) atoms. The fourth-order valence-corrected chi connectivity index (χ4v) is 4.03. The highest BCUT2D eigenvalue weighted by atomic mass is 16.2. The Morgan fingerprint density at radius 2 is 1.90 bits per heavy atom. The van der Waals surface area contributed by atoms with Gasteiger partial charge in [0.1, 0.15) is 0 Å². The monoisotopic (exact) mass is 396 g/mol. The van der Waals surface area contributed by atoms with E-state index in [0.717, 1.165) is 35.7 Å². The van der Waals surface area contributed by atoms with Crippen molar-refractivity contribution in [3.8, 4) is 0 Å². The van der Waals surface area contributed by atoms with Gasteiger partial charge in [0.15, 0.2) is 0 Å². The molecule has 3 rings (SSSR count). The lowest BCUT2D eigenvalue weighted by Crippen LogP contribution is -2.43. The predicted molar refractivity (Wildman–Crippen MR) is 117 cm³/mol. The van der Waals surface area contributed by atoms with E-state index in [1.54, 1.807) is 0 Å². The summed E-state index contributed by atoms with van der Waals surface area (Å²) in [6, 6.07) is 8.19. The highest BCUT2D eigenvalue weighted by Crippen LogP contribution is 2.28. The molecule has 1 heterocycles. The second-order valence-electron chi connectivity index (χ2n) is 8.02. The van der Waals surface area contributed by atoms with Gasteiger partial charge in [0.05, 0.1) is 6.04 Å². The first-order valence-corrected chi connectivity index (χ1v) is 10.4. The van der Waals surface area contributed by atoms with Crippen LogP contribution < -0.4 is 10.6 Å². The van der Waals surface area contributed by atoms with Gasteiger partial charge >= 0.3 is 11.8 Å². The smallest absolute Gasteiger partial charge is 0.309 e. The molecule has 0 saturated carbocycles. The van der Waals surface area contributed by atoms with Gasteiger partial charge in [-0.15, -0.1) is 0 Å². The third-order valence-corrected chi connectivity index (χ3v) is 5.69. The van der Waals surface area contributed by atoms with Crippen molar-refractivity contribution in [1.82, 2.24) is 20.1 Å². The number of benzene rings is 1. The van der Waals surface area contributed by atoms with Crippen molar-refractivity contribution in [2.24, 2.45) is 7.05 Å². The Morgan fingerprint density at radius 1 is 1.14 bits per heavy atom. The average Bonchev–Trinajstić information content (AvgIpc) is 3.05. The van der Waals surface area contributed by atoms with Gasteiger partial charge in [-0.25, -0.2) is 0 Å². The number of nitrogens with one attached hydrogen (secondary N) is 2. The number of carbonyl (C=O) groups is 2. The maximum Gasteiger partial charge on any atom is 0.309 e. The van der Waals surface area contributed by atoms with Crippen molar-refractivity contribution in [3.05, 3.63) is 47.7 Å². The Bertz CT molecular complexity index is 897. The lowest BCUT2D eigenvalue weighted by molar-refractivity contribution is -0.139. The maximum atomic E-state index is 12.3. The fourth-order valence-electron chi connectivity index (χ4n) is 4.03. The van der Waals surface area contributed by atoms with Crippen LogP contribution in [-0.2, 0) is 16.6 Å². The number of rotatable bonds is 7. The molecule has 1 atom stereocenters. The molecule has 1 aliphatic carbocycles. The Labute approximate surface area is 172 Å². The molecule has 0 radical (unpaired) electrons. The number of allylic oxidation sites excluding steroid dienone is 1. The molecule has 0 unspecified atom stereocenters. The Morgan fingerprint density at radius 3 is 2.62 bits per heavy atom. The molecule has 0 bridgehead atoms. The van der Waals surface area contributed by atoms with Crippen molar-refractivity contribution in [2.45, 2.75) is 38.1 Å². The predicted octanol–water partition coefficient (Wildman–Crippen LogP) is 2.90. The number of likely N-dealkylation sites (N-methyl/N-ethyl adjacent to an activating group) is 1. The van der Waals surface area contributed by atoms with Gasteiger partial charge in [-0.3, -0.25) is 9.59 Å². The molecule has 0 saturated heterocycles. The van der Waals surface area contributed by atoms with Gasteiger partial charge < -0.3 is 20.1 Å². The summed E-state index contributed by atoms with van der Waals surface area (Å²) in [5.41, 5.74) is 3.68. The van der Waals surface area contributed by atoms with Crippen molar-refractivity contribution in [1.29, 1.82) is 0 Å². The molecular weight excluding hydrogens is 364 g/mol. The van der Waals surface area contributed by atoms with Crippen LogP contribution in [0.15, 0.2) is 42.1 Å². The number of nitrogens with zero attached hydrogens (tertiary/aromatic N) is 2. The van der Waals surface area contributed by atoms with Crippen LogP contribution in [-0.4, -0.2) is 48.5 Å². The first-order chi connectivity index (χ1) is 14.0. The van der Waals surface area contributed by atoms with Crippen LogP contribution in [0.1, 0.15) is 43.7 Å². The van der Waals surface area contributed by atoms with E-state index in [9.17, 15) is 9.59 Å². The summed E-state index contributed by atoms with van der Waals surface area (Å²) in [6.07, 6.45) is 9.90. The summed E-state index contributed by atoms with van der Waals surface area (Å²) in [5.74, 6) is -1.13. The summed E-state index contributed by atoms with van der Waals surface area (Å²) in [7, 11) is 5.99. The molecule has 1 aromatic carbocycles. The molecule has 1 aliphatic rings. The number of carbonyl (C=O) groups excluding carboxylic acids is 2. The largest absolute Gasteiger partial charge is 0.350 e. The Hall–Kier alpha value is -2.60. The second kappa shape index (κ2) is 9.74. The van der Waals surface area contributed by atoms with E-state index < -0.39 is 11.8 Å². The van der Waals surface area contributed by atoms with Crippen LogP contribution in [0, 0.1) is 0 Å². The zero-order valence-corrected chi connectivity index (χ0v) is 17.7. The number of amides is 2. The van der Waals surface area contributed by atoms with Crippen molar-refractivity contribution < 1.29 is 9.59 Å². The molecule has 2 aromatic rings. The Balaban J connectivity index is 1.56. The molecule has 6 heteroatoms. The molecule has 6 nitrogen and oxygen atoms in total. The number of hydrogen-bond donors (Lipinski definition) is 2. The molecular formula is C23H32N4O2. The second-order valence-corrected chi connectivity index (χ2v) is 8.02. The fraction of sp³-hybridized carbons (Fsp3) is 0.478. The van der Waals surface area contributed by atoms with E-state index in [2.05, 4.69) is 44.5 Å². The van der Waals surface area contributed by atoms with Gasteiger partial charge in [-0.2, -0.15) is 0 Å². The van der Waals surface area contributed by atoms with E-state index in [0.29, 0.717) is 13.1 Å². The molecule has 2 amide bonds. The van der Waals surface area contributed by atoms with Crippen LogP contribution in [0.2, 0.25) is 0 Å². The quantitative estimate of drug-likeness (QED) is 0.559. The molecule has 0 fully saturated rings. The van der Waals surface area contributed by atoms with Crippen molar-refractivity contribution >= 4 is 22.7 Å². The molecule has 156 valence electrons. The van der Waals surface area contributed by atoms with Crippen molar-refractivity contribution in [2.75, 3.05) is 27.2 Å². The van der Waals surface area contributed by atoms with Gasteiger partial charge in [-0.05, 0) is 57.8 Å². The highest BCUT2D eigenvalue weighted by molar-refractivity contribution is 6.35. The first kappa shape index (κ1) is 21.1. The maximum absolute atomic E-state index is 12.3.